The highest BCUT2D eigenvalue weighted by Gasteiger charge is 2.50. The molecule has 20 heavy (non-hydrogen) atoms. The van der Waals surface area contributed by atoms with Crippen molar-refractivity contribution in [1.29, 1.82) is 0 Å². The number of hydrogen-bond acceptors (Lipinski definition) is 3. The van der Waals surface area contributed by atoms with Crippen LogP contribution in [0.3, 0.4) is 0 Å². The molecule has 2 aliphatic rings. The molecule has 5 nitrogen and oxygen atoms in total. The molecular formula is C14H15BrN2O3. The van der Waals surface area contributed by atoms with E-state index in [1.165, 1.54) is 9.80 Å². The van der Waals surface area contributed by atoms with Crippen LogP contribution in [0, 0.1) is 13.8 Å². The summed E-state index contributed by atoms with van der Waals surface area (Å²) in [5.74, 6) is -0.243. The molecule has 6 heteroatoms. The molecule has 0 spiro atoms. The Morgan fingerprint density at radius 1 is 1.25 bits per heavy atom. The average Bonchev–Trinajstić information content (AvgIpc) is 2.86. The van der Waals surface area contributed by atoms with Crippen LogP contribution >= 0.6 is 15.9 Å². The van der Waals surface area contributed by atoms with Crippen LogP contribution in [0.5, 0.6) is 0 Å². The van der Waals surface area contributed by atoms with Gasteiger partial charge in [0.05, 0.1) is 11.8 Å². The first-order valence-electron chi connectivity index (χ1n) is 6.49. The van der Waals surface area contributed by atoms with Gasteiger partial charge in [0, 0.05) is 17.4 Å². The Hall–Kier alpha value is -1.40. The summed E-state index contributed by atoms with van der Waals surface area (Å²) in [5.41, 5.74) is 2.56. The van der Waals surface area contributed by atoms with Crippen molar-refractivity contribution in [1.82, 2.24) is 4.90 Å². The Bertz CT molecular complexity index is 569. The summed E-state index contributed by atoms with van der Waals surface area (Å²) in [5, 5.41) is 9.58. The van der Waals surface area contributed by atoms with E-state index in [1.54, 1.807) is 0 Å². The van der Waals surface area contributed by atoms with Gasteiger partial charge in [-0.2, -0.15) is 0 Å². The van der Waals surface area contributed by atoms with Crippen LogP contribution in [0.25, 0.3) is 0 Å². The summed E-state index contributed by atoms with van der Waals surface area (Å²) in [6.07, 6.45) is -0.265. The van der Waals surface area contributed by atoms with Gasteiger partial charge in [0.15, 0.2) is 0 Å². The van der Waals surface area contributed by atoms with Crippen LogP contribution < -0.4 is 4.90 Å². The SMILES string of the molecule is Cc1cc(N2C(=O)[C@@H]3C[C@@H](O)CN3C2=O)cc(C)c1Br. The normalized spacial score (nSPS) is 25.6. The second-order valence-electron chi connectivity index (χ2n) is 5.41. The third-order valence-electron chi connectivity index (χ3n) is 3.90. The molecule has 1 N–H and O–H groups in total. The van der Waals surface area contributed by atoms with Crippen LogP contribution in [0.1, 0.15) is 17.5 Å². The number of hydrogen-bond donors (Lipinski definition) is 1. The number of benzene rings is 1. The number of aliphatic hydroxyl groups is 1. The van der Waals surface area contributed by atoms with E-state index in [2.05, 4.69) is 15.9 Å². The van der Waals surface area contributed by atoms with Gasteiger partial charge in [0.25, 0.3) is 5.91 Å². The molecule has 0 unspecified atom stereocenters. The lowest BCUT2D eigenvalue weighted by molar-refractivity contribution is -0.119. The molecule has 2 heterocycles. The third kappa shape index (κ3) is 1.86. The average molecular weight is 339 g/mol. The molecular weight excluding hydrogens is 324 g/mol. The molecule has 2 aliphatic heterocycles. The van der Waals surface area contributed by atoms with Gasteiger partial charge in [0.2, 0.25) is 0 Å². The minimum atomic E-state index is -0.594. The second kappa shape index (κ2) is 4.56. The van der Waals surface area contributed by atoms with Crippen LogP contribution in [0.4, 0.5) is 10.5 Å². The first kappa shape index (κ1) is 13.6. The van der Waals surface area contributed by atoms with E-state index in [-0.39, 0.29) is 18.5 Å². The Kier molecular flexibility index (Phi) is 3.10. The maximum Gasteiger partial charge on any atom is 0.332 e. The van der Waals surface area contributed by atoms with Crippen LogP contribution in [-0.2, 0) is 4.79 Å². The van der Waals surface area contributed by atoms with Gasteiger partial charge < -0.3 is 10.0 Å². The number of imide groups is 1. The van der Waals surface area contributed by atoms with Crippen molar-refractivity contribution in [3.63, 3.8) is 0 Å². The van der Waals surface area contributed by atoms with Crippen molar-refractivity contribution in [3.05, 3.63) is 27.7 Å². The van der Waals surface area contributed by atoms with Crippen molar-refractivity contribution in [2.45, 2.75) is 32.4 Å². The number of aliphatic hydroxyl groups excluding tert-OH is 1. The van der Waals surface area contributed by atoms with E-state index in [0.29, 0.717) is 12.1 Å². The topological polar surface area (TPSA) is 60.9 Å². The molecule has 3 rings (SSSR count). The Morgan fingerprint density at radius 3 is 2.40 bits per heavy atom. The summed E-state index contributed by atoms with van der Waals surface area (Å²) in [4.78, 5) is 27.4. The lowest BCUT2D eigenvalue weighted by Gasteiger charge is -2.18. The number of aryl methyl sites for hydroxylation is 2. The standard InChI is InChI=1S/C14H15BrN2O3/c1-7-3-9(4-8(2)12(7)15)17-13(19)11-5-10(18)6-16(11)14(17)20/h3-4,10-11,18H,5-6H2,1-2H3/t10-,11+/m1/s1. The first-order valence-corrected chi connectivity index (χ1v) is 7.29. The first-order chi connectivity index (χ1) is 9.40. The van der Waals surface area contributed by atoms with E-state index in [4.69, 9.17) is 0 Å². The molecule has 2 fully saturated rings. The molecule has 0 bridgehead atoms. The summed E-state index contributed by atoms with van der Waals surface area (Å²) >= 11 is 3.48. The molecule has 1 aromatic rings. The molecule has 1 aromatic carbocycles. The fourth-order valence-electron chi connectivity index (χ4n) is 2.92. The number of halogens is 1. The highest BCUT2D eigenvalue weighted by atomic mass is 79.9. The Balaban J connectivity index is 2.00. The highest BCUT2D eigenvalue weighted by Crippen LogP contribution is 2.34. The van der Waals surface area contributed by atoms with Crippen molar-refractivity contribution in [2.75, 3.05) is 11.4 Å². The van der Waals surface area contributed by atoms with Crippen molar-refractivity contribution < 1.29 is 14.7 Å². The summed E-state index contributed by atoms with van der Waals surface area (Å²) in [6, 6.07) is 2.80. The predicted octanol–water partition coefficient (Wildman–Crippen LogP) is 1.97. The van der Waals surface area contributed by atoms with E-state index in [0.717, 1.165) is 15.6 Å². The van der Waals surface area contributed by atoms with Gasteiger partial charge in [-0.25, -0.2) is 9.69 Å². The molecule has 0 saturated carbocycles. The van der Waals surface area contributed by atoms with E-state index in [9.17, 15) is 14.7 Å². The molecule has 2 atom stereocenters. The molecule has 0 aliphatic carbocycles. The molecule has 106 valence electrons. The van der Waals surface area contributed by atoms with Gasteiger partial charge in [-0.1, -0.05) is 15.9 Å². The fraction of sp³-hybridized carbons (Fsp3) is 0.429. The lowest BCUT2D eigenvalue weighted by atomic mass is 10.1. The van der Waals surface area contributed by atoms with Gasteiger partial charge in [-0.3, -0.25) is 4.79 Å². The van der Waals surface area contributed by atoms with Crippen LogP contribution in [0.2, 0.25) is 0 Å². The number of carbonyl (C=O) groups excluding carboxylic acids is 2. The smallest absolute Gasteiger partial charge is 0.332 e. The largest absolute Gasteiger partial charge is 0.391 e. The summed E-state index contributed by atoms with van der Waals surface area (Å²) in [7, 11) is 0. The Morgan fingerprint density at radius 2 is 1.85 bits per heavy atom. The number of urea groups is 1. The van der Waals surface area contributed by atoms with E-state index in [1.807, 2.05) is 26.0 Å². The quantitative estimate of drug-likeness (QED) is 0.796. The number of anilines is 1. The number of fused-ring (bicyclic) bond motifs is 1. The molecule has 2 saturated heterocycles. The van der Waals surface area contributed by atoms with Gasteiger partial charge in [-0.15, -0.1) is 0 Å². The monoisotopic (exact) mass is 338 g/mol. The zero-order valence-electron chi connectivity index (χ0n) is 11.3. The predicted molar refractivity (Wildman–Crippen MR) is 77.6 cm³/mol. The molecule has 0 aromatic heterocycles. The van der Waals surface area contributed by atoms with Crippen molar-refractivity contribution in [3.8, 4) is 0 Å². The van der Waals surface area contributed by atoms with Crippen molar-refractivity contribution in [2.24, 2.45) is 0 Å². The van der Waals surface area contributed by atoms with Gasteiger partial charge >= 0.3 is 6.03 Å². The van der Waals surface area contributed by atoms with Gasteiger partial charge in [-0.05, 0) is 37.1 Å². The van der Waals surface area contributed by atoms with Crippen LogP contribution in [0.15, 0.2) is 16.6 Å². The lowest BCUT2D eigenvalue weighted by Crippen LogP contribution is -2.35. The third-order valence-corrected chi connectivity index (χ3v) is 5.15. The maximum absolute atomic E-state index is 12.4. The summed E-state index contributed by atoms with van der Waals surface area (Å²) < 4.78 is 0.983. The molecule has 0 radical (unpaired) electrons. The van der Waals surface area contributed by atoms with Crippen LogP contribution in [-0.4, -0.2) is 40.6 Å². The maximum atomic E-state index is 12.4. The summed E-state index contributed by atoms with van der Waals surface area (Å²) in [6.45, 7) is 4.09. The zero-order valence-corrected chi connectivity index (χ0v) is 12.8. The minimum absolute atomic E-state index is 0.236. The number of carbonyl (C=O) groups is 2. The number of amides is 3. The Labute approximate surface area is 125 Å². The number of nitrogens with zero attached hydrogens (tertiary/aromatic N) is 2. The van der Waals surface area contributed by atoms with Crippen molar-refractivity contribution >= 4 is 33.6 Å². The molecule has 3 amide bonds. The van der Waals surface area contributed by atoms with Gasteiger partial charge in [0.1, 0.15) is 6.04 Å². The minimum Gasteiger partial charge on any atom is -0.391 e. The van der Waals surface area contributed by atoms with E-state index < -0.39 is 12.1 Å². The fourth-order valence-corrected chi connectivity index (χ4v) is 3.15. The number of rotatable bonds is 1. The zero-order chi connectivity index (χ0) is 14.6. The highest BCUT2D eigenvalue weighted by molar-refractivity contribution is 9.10. The van der Waals surface area contributed by atoms with E-state index >= 15 is 0 Å². The second-order valence-corrected chi connectivity index (χ2v) is 6.20.